The van der Waals surface area contributed by atoms with Crippen molar-refractivity contribution >= 4 is 49.4 Å². The van der Waals surface area contributed by atoms with Gasteiger partial charge in [0.1, 0.15) is 0 Å². The molecule has 2 unspecified atom stereocenters. The Balaban J connectivity index is 2.18. The highest BCUT2D eigenvalue weighted by Crippen LogP contribution is 2.22. The van der Waals surface area contributed by atoms with Gasteiger partial charge in [0.2, 0.25) is 0 Å². The molecule has 0 N–H and O–H groups in total. The van der Waals surface area contributed by atoms with Crippen molar-refractivity contribution in [1.82, 2.24) is 4.90 Å². The van der Waals surface area contributed by atoms with Crippen LogP contribution in [0.3, 0.4) is 0 Å². The van der Waals surface area contributed by atoms with Crippen LogP contribution in [0.5, 0.6) is 0 Å². The molecule has 0 spiro atoms. The summed E-state index contributed by atoms with van der Waals surface area (Å²) < 4.78 is 6.53. The highest BCUT2D eigenvalue weighted by molar-refractivity contribution is 9.10. The van der Waals surface area contributed by atoms with Gasteiger partial charge < -0.3 is 9.64 Å². The monoisotopic (exact) mass is 409 g/mol. The smallest absolute Gasteiger partial charge is 0.254 e. The Hall–Kier alpha value is -0.100. The Morgan fingerprint density at radius 3 is 2.84 bits per heavy atom. The van der Waals surface area contributed by atoms with Crippen LogP contribution >= 0.6 is 43.5 Å². The maximum atomic E-state index is 12.5. The molecule has 0 aliphatic carbocycles. The molecule has 19 heavy (non-hydrogen) atoms. The number of nitrogens with zero attached hydrogens (tertiary/aromatic N) is 1. The van der Waals surface area contributed by atoms with E-state index in [9.17, 15) is 4.79 Å². The summed E-state index contributed by atoms with van der Waals surface area (Å²) in [6.45, 7) is 3.17. The van der Waals surface area contributed by atoms with Gasteiger partial charge in [-0.25, -0.2) is 0 Å². The van der Waals surface area contributed by atoms with Gasteiger partial charge in [-0.05, 0) is 25.1 Å². The third kappa shape index (κ3) is 3.94. The molecule has 1 amide bonds. The number of amides is 1. The van der Waals surface area contributed by atoms with Gasteiger partial charge in [-0.2, -0.15) is 0 Å². The van der Waals surface area contributed by atoms with Gasteiger partial charge in [-0.15, -0.1) is 0 Å². The fraction of sp³-hybridized carbons (Fsp3) is 0.462. The van der Waals surface area contributed by atoms with Crippen LogP contribution in [-0.2, 0) is 4.74 Å². The molecule has 1 heterocycles. The summed E-state index contributed by atoms with van der Waals surface area (Å²) in [5.41, 5.74) is 0.599. The summed E-state index contributed by atoms with van der Waals surface area (Å²) in [5.74, 6) is -0.00991. The molecular weight excluding hydrogens is 397 g/mol. The maximum absolute atomic E-state index is 12.5. The summed E-state index contributed by atoms with van der Waals surface area (Å²) in [4.78, 5) is 14.3. The number of rotatable bonds is 2. The molecule has 1 aromatic carbocycles. The quantitative estimate of drug-likeness (QED) is 0.694. The summed E-state index contributed by atoms with van der Waals surface area (Å²) in [6, 6.07) is 5.25. The largest absolute Gasteiger partial charge is 0.371 e. The Labute approximate surface area is 134 Å². The van der Waals surface area contributed by atoms with Gasteiger partial charge in [-0.1, -0.05) is 43.5 Å². The SMILES string of the molecule is CC1CN(C(=O)c2cc(Cl)cc(Br)c2)CC(CBr)O1. The van der Waals surface area contributed by atoms with Crippen molar-refractivity contribution in [1.29, 1.82) is 0 Å². The second kappa shape index (κ2) is 6.57. The zero-order chi connectivity index (χ0) is 14.0. The standard InChI is InChI=1S/C13H14Br2ClNO2/c1-8-6-17(7-12(5-14)19-8)13(18)9-2-10(15)4-11(16)3-9/h2-4,8,12H,5-7H2,1H3. The molecule has 2 rings (SSSR count). The van der Waals surface area contributed by atoms with E-state index in [-0.39, 0.29) is 18.1 Å². The summed E-state index contributed by atoms with van der Waals surface area (Å²) in [5, 5.41) is 1.27. The molecule has 0 bridgehead atoms. The third-order valence-electron chi connectivity index (χ3n) is 2.90. The zero-order valence-corrected chi connectivity index (χ0v) is 14.3. The molecule has 2 atom stereocenters. The first kappa shape index (κ1) is 15.3. The normalized spacial score (nSPS) is 23.5. The molecule has 3 nitrogen and oxygen atoms in total. The number of halogens is 3. The van der Waals surface area contributed by atoms with Crippen LogP contribution in [-0.4, -0.2) is 41.4 Å². The Morgan fingerprint density at radius 2 is 2.21 bits per heavy atom. The lowest BCUT2D eigenvalue weighted by atomic mass is 10.1. The Kier molecular flexibility index (Phi) is 5.29. The number of morpholine rings is 1. The van der Waals surface area contributed by atoms with Gasteiger partial charge in [-0.3, -0.25) is 4.79 Å². The first-order chi connectivity index (χ1) is 8.99. The van der Waals surface area contributed by atoms with E-state index in [1.807, 2.05) is 11.8 Å². The molecule has 0 radical (unpaired) electrons. The first-order valence-corrected chi connectivity index (χ1v) is 8.25. The molecule has 104 valence electrons. The fourth-order valence-electron chi connectivity index (χ4n) is 2.16. The molecule has 0 saturated carbocycles. The van der Waals surface area contributed by atoms with Crippen molar-refractivity contribution in [2.24, 2.45) is 0 Å². The van der Waals surface area contributed by atoms with Gasteiger partial charge in [0, 0.05) is 33.5 Å². The molecule has 1 fully saturated rings. The van der Waals surface area contributed by atoms with E-state index in [1.54, 1.807) is 18.2 Å². The minimum atomic E-state index is -0.00991. The third-order valence-corrected chi connectivity index (χ3v) is 4.29. The fourth-order valence-corrected chi connectivity index (χ4v) is 3.37. The highest BCUT2D eigenvalue weighted by atomic mass is 79.9. The molecule has 1 aromatic rings. The predicted molar refractivity (Wildman–Crippen MR) is 83.2 cm³/mol. The lowest BCUT2D eigenvalue weighted by molar-refractivity contribution is -0.0559. The average Bonchev–Trinajstić information content (AvgIpc) is 2.35. The van der Waals surface area contributed by atoms with Crippen molar-refractivity contribution in [3.05, 3.63) is 33.3 Å². The molecule has 6 heteroatoms. The minimum Gasteiger partial charge on any atom is -0.371 e. The summed E-state index contributed by atoms with van der Waals surface area (Å²) >= 11 is 12.7. The van der Waals surface area contributed by atoms with E-state index in [0.29, 0.717) is 23.7 Å². The van der Waals surface area contributed by atoms with E-state index < -0.39 is 0 Å². The van der Waals surface area contributed by atoms with Crippen molar-refractivity contribution in [3.8, 4) is 0 Å². The second-order valence-electron chi connectivity index (χ2n) is 4.59. The molecule has 1 saturated heterocycles. The van der Waals surface area contributed by atoms with Crippen LogP contribution in [0, 0.1) is 0 Å². The summed E-state index contributed by atoms with van der Waals surface area (Å²) in [6.07, 6.45) is 0.0817. The van der Waals surface area contributed by atoms with E-state index in [2.05, 4.69) is 31.9 Å². The number of hydrogen-bond donors (Lipinski definition) is 0. The Bertz CT molecular complexity index is 463. The first-order valence-electron chi connectivity index (χ1n) is 5.96. The number of carbonyl (C=O) groups is 1. The van der Waals surface area contributed by atoms with Crippen LogP contribution < -0.4 is 0 Å². The molecular formula is C13H14Br2ClNO2. The average molecular weight is 412 g/mol. The van der Waals surface area contributed by atoms with Crippen LogP contribution in [0.15, 0.2) is 22.7 Å². The Morgan fingerprint density at radius 1 is 1.47 bits per heavy atom. The maximum Gasteiger partial charge on any atom is 0.254 e. The number of alkyl halides is 1. The summed E-state index contributed by atoms with van der Waals surface area (Å²) in [7, 11) is 0. The predicted octanol–water partition coefficient (Wildman–Crippen LogP) is 3.73. The van der Waals surface area contributed by atoms with Crippen LogP contribution in [0.25, 0.3) is 0 Å². The van der Waals surface area contributed by atoms with Crippen molar-refractivity contribution in [2.45, 2.75) is 19.1 Å². The molecule has 1 aliphatic rings. The number of ether oxygens (including phenoxy) is 1. The number of benzene rings is 1. The van der Waals surface area contributed by atoms with E-state index in [0.717, 1.165) is 9.80 Å². The number of hydrogen-bond acceptors (Lipinski definition) is 2. The second-order valence-corrected chi connectivity index (χ2v) is 6.59. The minimum absolute atomic E-state index is 0.00991. The van der Waals surface area contributed by atoms with Gasteiger partial charge in [0.05, 0.1) is 12.2 Å². The van der Waals surface area contributed by atoms with Crippen LogP contribution in [0.4, 0.5) is 0 Å². The lowest BCUT2D eigenvalue weighted by Crippen LogP contribution is -2.49. The van der Waals surface area contributed by atoms with Gasteiger partial charge in [0.25, 0.3) is 5.91 Å². The topological polar surface area (TPSA) is 29.5 Å². The van der Waals surface area contributed by atoms with Crippen molar-refractivity contribution in [2.75, 3.05) is 18.4 Å². The number of carbonyl (C=O) groups excluding carboxylic acids is 1. The highest BCUT2D eigenvalue weighted by Gasteiger charge is 2.28. The van der Waals surface area contributed by atoms with E-state index >= 15 is 0 Å². The molecule has 1 aliphatic heterocycles. The van der Waals surface area contributed by atoms with Crippen LogP contribution in [0.2, 0.25) is 5.02 Å². The van der Waals surface area contributed by atoms with Crippen LogP contribution in [0.1, 0.15) is 17.3 Å². The lowest BCUT2D eigenvalue weighted by Gasteiger charge is -2.36. The van der Waals surface area contributed by atoms with Crippen molar-refractivity contribution in [3.63, 3.8) is 0 Å². The molecule has 0 aromatic heterocycles. The van der Waals surface area contributed by atoms with E-state index in [1.165, 1.54) is 0 Å². The van der Waals surface area contributed by atoms with Gasteiger partial charge in [0.15, 0.2) is 0 Å². The van der Waals surface area contributed by atoms with Gasteiger partial charge >= 0.3 is 0 Å². The zero-order valence-electron chi connectivity index (χ0n) is 10.4. The van der Waals surface area contributed by atoms with E-state index in [4.69, 9.17) is 16.3 Å². The van der Waals surface area contributed by atoms with Crippen molar-refractivity contribution < 1.29 is 9.53 Å².